The van der Waals surface area contributed by atoms with Crippen molar-refractivity contribution in [2.75, 3.05) is 43.2 Å². The molecule has 1 heterocycles. The molecule has 6 N–H and O–H groups in total. The Labute approximate surface area is 281 Å². The normalized spacial score (nSPS) is 16.5. The first-order valence-electron chi connectivity index (χ1n) is 15.9. The fourth-order valence-corrected chi connectivity index (χ4v) is 6.45. The second-order valence-electron chi connectivity index (χ2n) is 11.5. The highest BCUT2D eigenvalue weighted by atomic mass is 32.2. The number of hydrogen-bond donors (Lipinski definition) is 6. The Morgan fingerprint density at radius 3 is 2.41 bits per heavy atom. The van der Waals surface area contributed by atoms with Gasteiger partial charge in [0.1, 0.15) is 12.1 Å². The van der Waals surface area contributed by atoms with E-state index in [0.29, 0.717) is 49.4 Å². The fraction of sp³-hybridized carbons (Fsp3) is 0.625. The van der Waals surface area contributed by atoms with Gasteiger partial charge in [0.2, 0.25) is 23.6 Å². The Kier molecular flexibility index (Phi) is 17.8. The van der Waals surface area contributed by atoms with Crippen molar-refractivity contribution >= 4 is 64.6 Å². The van der Waals surface area contributed by atoms with Gasteiger partial charge in [0.25, 0.3) is 0 Å². The lowest BCUT2D eigenvalue weighted by Gasteiger charge is -2.27. The van der Waals surface area contributed by atoms with Crippen molar-refractivity contribution < 1.29 is 24.0 Å². The van der Waals surface area contributed by atoms with Crippen LogP contribution in [0.2, 0.25) is 0 Å². The highest BCUT2D eigenvalue weighted by Crippen LogP contribution is 2.26. The number of benzene rings is 1. The van der Waals surface area contributed by atoms with E-state index in [1.54, 1.807) is 30.8 Å². The molecule has 1 aromatic carbocycles. The lowest BCUT2D eigenvalue weighted by atomic mass is 9.97. The van der Waals surface area contributed by atoms with Crippen molar-refractivity contribution in [2.24, 2.45) is 5.92 Å². The minimum Gasteiger partial charge on any atom is -0.353 e. The largest absolute Gasteiger partial charge is 0.353 e. The zero-order valence-electron chi connectivity index (χ0n) is 27.7. The quantitative estimate of drug-likeness (QED) is 0.0653. The minimum absolute atomic E-state index is 0.0518. The van der Waals surface area contributed by atoms with Crippen LogP contribution in [0.1, 0.15) is 64.9 Å². The van der Waals surface area contributed by atoms with Crippen LogP contribution >= 0.6 is 23.5 Å². The Bertz CT molecular complexity index is 1180. The van der Waals surface area contributed by atoms with Gasteiger partial charge in [-0.15, -0.1) is 11.8 Å². The number of hydrogen-bond acceptors (Lipinski definition) is 9. The van der Waals surface area contributed by atoms with Crippen LogP contribution in [-0.2, 0) is 25.7 Å². The molecule has 4 atom stereocenters. The first-order chi connectivity index (χ1) is 22.0. The van der Waals surface area contributed by atoms with Crippen molar-refractivity contribution in [2.45, 2.75) is 83.2 Å². The number of imide groups is 1. The van der Waals surface area contributed by atoms with Gasteiger partial charge in [0.05, 0.1) is 5.25 Å². The molecular formula is C32H51N7O5S2. The molecule has 1 aliphatic rings. The Balaban J connectivity index is 1.97. The van der Waals surface area contributed by atoms with E-state index >= 15 is 0 Å². The lowest BCUT2D eigenvalue weighted by molar-refractivity contribution is -0.138. The molecule has 0 aromatic heterocycles. The van der Waals surface area contributed by atoms with Crippen LogP contribution < -0.4 is 26.6 Å². The molecule has 256 valence electrons. The van der Waals surface area contributed by atoms with Crippen LogP contribution in [0.4, 0.5) is 10.5 Å². The van der Waals surface area contributed by atoms with E-state index in [4.69, 9.17) is 5.41 Å². The lowest BCUT2D eigenvalue weighted by Crippen LogP contribution is -2.56. The third kappa shape index (κ3) is 13.3. The smallest absolute Gasteiger partial charge is 0.319 e. The predicted octanol–water partition coefficient (Wildman–Crippen LogP) is 3.37. The maximum atomic E-state index is 13.5. The fourth-order valence-electron chi connectivity index (χ4n) is 4.87. The molecule has 1 saturated heterocycles. The van der Waals surface area contributed by atoms with Gasteiger partial charge >= 0.3 is 6.03 Å². The number of amides is 6. The van der Waals surface area contributed by atoms with E-state index < -0.39 is 35.2 Å². The standard InChI is InChI=1S/C32H51N7O5S2/c1-6-21(2)28(30(42)35-15-16-39-27(40)19-26(31(39)43)46-18-7-9-22(3)33)38-29(41)25(10-8-17-45-5)37-32(44)36-24-13-11-23(12-14-24)20-34-4/h11-14,21,25-26,28,33-34H,6-10,15-20H2,1-5H3,(H,35,42)(H,38,41)(H2,36,37,44)/t21-,25-,26?,28-/m0/s1. The van der Waals surface area contributed by atoms with E-state index in [1.165, 1.54) is 16.7 Å². The van der Waals surface area contributed by atoms with Gasteiger partial charge in [0, 0.05) is 37.5 Å². The molecule has 0 radical (unpaired) electrons. The van der Waals surface area contributed by atoms with Crippen molar-refractivity contribution in [3.05, 3.63) is 29.8 Å². The van der Waals surface area contributed by atoms with E-state index in [1.807, 2.05) is 39.3 Å². The van der Waals surface area contributed by atoms with E-state index in [0.717, 1.165) is 17.7 Å². The molecule has 6 amide bonds. The molecule has 0 aliphatic carbocycles. The highest BCUT2D eigenvalue weighted by molar-refractivity contribution is 8.00. The monoisotopic (exact) mass is 677 g/mol. The van der Waals surface area contributed by atoms with E-state index in [-0.39, 0.29) is 37.2 Å². The summed E-state index contributed by atoms with van der Waals surface area (Å²) < 4.78 is 0. The summed E-state index contributed by atoms with van der Waals surface area (Å²) in [4.78, 5) is 66.1. The molecule has 2 rings (SSSR count). The summed E-state index contributed by atoms with van der Waals surface area (Å²) in [5.74, 6) is -0.0907. The van der Waals surface area contributed by atoms with Crippen LogP contribution in [0.5, 0.6) is 0 Å². The molecule has 0 bridgehead atoms. The van der Waals surface area contributed by atoms with Gasteiger partial charge in [0.15, 0.2) is 0 Å². The zero-order valence-corrected chi connectivity index (χ0v) is 29.3. The third-order valence-corrected chi connectivity index (χ3v) is 9.69. The summed E-state index contributed by atoms with van der Waals surface area (Å²) in [6.45, 7) is 6.35. The van der Waals surface area contributed by atoms with Crippen molar-refractivity contribution in [1.82, 2.24) is 26.2 Å². The molecule has 1 aromatic rings. The van der Waals surface area contributed by atoms with Crippen LogP contribution in [0.3, 0.4) is 0 Å². The number of nitrogens with one attached hydrogen (secondary N) is 6. The second kappa shape index (κ2) is 20.9. The van der Waals surface area contributed by atoms with Gasteiger partial charge in [-0.3, -0.25) is 24.1 Å². The SMILES string of the molecule is CC[C@H](C)[C@H](NC(=O)[C@H](CCCSC)NC(=O)Nc1ccc(CNC)cc1)C(=O)NCCN1C(=O)CC(SCCCC(C)=N)C1=O. The van der Waals surface area contributed by atoms with Gasteiger partial charge < -0.3 is 32.0 Å². The van der Waals surface area contributed by atoms with Gasteiger partial charge in [-0.2, -0.15) is 11.8 Å². The van der Waals surface area contributed by atoms with E-state index in [9.17, 15) is 24.0 Å². The van der Waals surface area contributed by atoms with Crippen molar-refractivity contribution in [1.29, 1.82) is 5.41 Å². The summed E-state index contributed by atoms with van der Waals surface area (Å²) in [7, 11) is 1.86. The molecule has 46 heavy (non-hydrogen) atoms. The highest BCUT2D eigenvalue weighted by Gasteiger charge is 2.38. The van der Waals surface area contributed by atoms with Gasteiger partial charge in [-0.1, -0.05) is 32.4 Å². The number of rotatable bonds is 21. The first kappa shape index (κ1) is 39.1. The first-order valence-corrected chi connectivity index (χ1v) is 18.3. The second-order valence-corrected chi connectivity index (χ2v) is 13.8. The van der Waals surface area contributed by atoms with Gasteiger partial charge in [-0.25, -0.2) is 4.79 Å². The molecule has 0 spiro atoms. The summed E-state index contributed by atoms with van der Waals surface area (Å²) in [5.41, 5.74) is 2.25. The summed E-state index contributed by atoms with van der Waals surface area (Å²) in [6.07, 6.45) is 5.26. The number of likely N-dealkylation sites (tertiary alicyclic amines) is 1. The van der Waals surface area contributed by atoms with Crippen LogP contribution in [0, 0.1) is 11.3 Å². The summed E-state index contributed by atoms with van der Waals surface area (Å²) in [5, 5.41) is 21.3. The number of nitrogens with zero attached hydrogens (tertiary/aromatic N) is 1. The minimum atomic E-state index is -0.865. The number of urea groups is 1. The molecular weight excluding hydrogens is 627 g/mol. The maximum Gasteiger partial charge on any atom is 0.319 e. The third-order valence-electron chi connectivity index (χ3n) is 7.70. The summed E-state index contributed by atoms with van der Waals surface area (Å²) in [6, 6.07) is 5.15. The summed E-state index contributed by atoms with van der Waals surface area (Å²) >= 11 is 3.08. The molecule has 14 heteroatoms. The molecule has 1 unspecified atom stereocenters. The average molecular weight is 678 g/mol. The molecule has 12 nitrogen and oxygen atoms in total. The Hall–Kier alpha value is -3.10. The molecule has 1 aliphatic heterocycles. The Morgan fingerprint density at radius 1 is 1.07 bits per heavy atom. The van der Waals surface area contributed by atoms with Crippen molar-refractivity contribution in [3.8, 4) is 0 Å². The number of carbonyl (C=O) groups excluding carboxylic acids is 5. The number of carbonyl (C=O) groups is 5. The number of anilines is 1. The topological polar surface area (TPSA) is 173 Å². The van der Waals surface area contributed by atoms with Crippen LogP contribution in [0.25, 0.3) is 0 Å². The zero-order chi connectivity index (χ0) is 34.1. The molecule has 0 saturated carbocycles. The molecule has 1 fully saturated rings. The predicted molar refractivity (Wildman–Crippen MR) is 187 cm³/mol. The van der Waals surface area contributed by atoms with Crippen LogP contribution in [0.15, 0.2) is 24.3 Å². The maximum absolute atomic E-state index is 13.5. The van der Waals surface area contributed by atoms with Crippen molar-refractivity contribution in [3.63, 3.8) is 0 Å². The van der Waals surface area contributed by atoms with E-state index in [2.05, 4.69) is 26.6 Å². The number of thioether (sulfide) groups is 2. The Morgan fingerprint density at radius 2 is 1.78 bits per heavy atom. The van der Waals surface area contributed by atoms with Crippen LogP contribution in [-0.4, -0.2) is 95.5 Å². The van der Waals surface area contributed by atoms with Gasteiger partial charge in [-0.05, 0) is 81.0 Å². The average Bonchev–Trinajstić information content (AvgIpc) is 3.29.